The van der Waals surface area contributed by atoms with Crippen LogP contribution in [0.3, 0.4) is 0 Å². The Balaban J connectivity index is 2.01. The molecule has 2 rings (SSSR count). The normalized spacial score (nSPS) is 12.5. The van der Waals surface area contributed by atoms with E-state index in [2.05, 4.69) is 61.0 Å². The minimum absolute atomic E-state index is 0.855. The van der Waals surface area contributed by atoms with Gasteiger partial charge in [0.15, 0.2) is 0 Å². The number of nitrogens with zero attached hydrogens (tertiary/aromatic N) is 1. The van der Waals surface area contributed by atoms with Crippen LogP contribution in [0.2, 0.25) is 0 Å². The van der Waals surface area contributed by atoms with E-state index in [9.17, 15) is 0 Å². The lowest BCUT2D eigenvalue weighted by Crippen LogP contribution is -3.10. The number of methoxy groups -OCH3 is 1. The highest BCUT2D eigenvalue weighted by atomic mass is 16.5. The molecule has 2 aromatic rings. The van der Waals surface area contributed by atoms with Gasteiger partial charge in [0.05, 0.1) is 25.4 Å². The van der Waals surface area contributed by atoms with Crippen LogP contribution in [0.4, 0.5) is 0 Å². The molecule has 3 heteroatoms. The summed E-state index contributed by atoms with van der Waals surface area (Å²) in [5.41, 5.74) is 4.18. The lowest BCUT2D eigenvalue weighted by Gasteiger charge is -2.19. The average molecular weight is 301 g/mol. The monoisotopic (exact) mass is 301 g/mol. The maximum Gasteiger partial charge on any atom is 0.118 e. The van der Waals surface area contributed by atoms with Crippen molar-refractivity contribution in [2.75, 3.05) is 26.8 Å². The topological polar surface area (TPSA) is 18.6 Å². The van der Waals surface area contributed by atoms with Gasteiger partial charge < -0.3 is 14.2 Å². The Bertz CT molecular complexity index is 562. The number of ether oxygens (including phenoxy) is 1. The molecular weight excluding hydrogens is 272 g/mol. The maximum atomic E-state index is 5.17. The summed E-state index contributed by atoms with van der Waals surface area (Å²) in [6, 6.07) is 13.1. The van der Waals surface area contributed by atoms with Crippen molar-refractivity contribution in [2.24, 2.45) is 0 Å². The Morgan fingerprint density at radius 2 is 1.95 bits per heavy atom. The van der Waals surface area contributed by atoms with Gasteiger partial charge in [-0.25, -0.2) is 0 Å². The Labute approximate surface area is 134 Å². The standard InChI is InChI=1S/C19H28N2O/c1-4-20(12-8-14-22-3)16-19-11-7-13-21(19)15-18-10-6-5-9-17(18)2/h5-7,9-11,13H,4,8,12,14-16H2,1-3H3/p+1. The van der Waals surface area contributed by atoms with Crippen LogP contribution in [0.1, 0.15) is 30.2 Å². The largest absolute Gasteiger partial charge is 0.384 e. The van der Waals surface area contributed by atoms with E-state index in [1.54, 1.807) is 12.0 Å². The van der Waals surface area contributed by atoms with Gasteiger partial charge >= 0.3 is 0 Å². The molecule has 0 aliphatic rings. The molecule has 0 spiro atoms. The van der Waals surface area contributed by atoms with Crippen LogP contribution in [-0.2, 0) is 17.8 Å². The Morgan fingerprint density at radius 3 is 2.68 bits per heavy atom. The highest BCUT2D eigenvalue weighted by Crippen LogP contribution is 2.11. The van der Waals surface area contributed by atoms with E-state index in [0.717, 1.165) is 32.7 Å². The smallest absolute Gasteiger partial charge is 0.118 e. The van der Waals surface area contributed by atoms with Crippen molar-refractivity contribution in [1.82, 2.24) is 4.57 Å². The van der Waals surface area contributed by atoms with Crippen molar-refractivity contribution in [3.63, 3.8) is 0 Å². The zero-order valence-corrected chi connectivity index (χ0v) is 14.1. The van der Waals surface area contributed by atoms with Crippen molar-refractivity contribution in [3.8, 4) is 0 Å². The predicted octanol–water partition coefficient (Wildman–Crippen LogP) is 2.29. The average Bonchev–Trinajstić information content (AvgIpc) is 2.96. The first-order valence-corrected chi connectivity index (χ1v) is 8.25. The Morgan fingerprint density at radius 1 is 1.14 bits per heavy atom. The fourth-order valence-corrected chi connectivity index (χ4v) is 2.85. The second-order valence-electron chi connectivity index (χ2n) is 5.93. The van der Waals surface area contributed by atoms with E-state index in [-0.39, 0.29) is 0 Å². The van der Waals surface area contributed by atoms with E-state index in [4.69, 9.17) is 4.74 Å². The molecule has 0 aliphatic heterocycles. The third-order valence-electron chi connectivity index (χ3n) is 4.34. The summed E-state index contributed by atoms with van der Waals surface area (Å²) in [5, 5.41) is 0. The van der Waals surface area contributed by atoms with E-state index < -0.39 is 0 Å². The second kappa shape index (κ2) is 8.76. The zero-order chi connectivity index (χ0) is 15.8. The molecule has 0 amide bonds. The molecule has 0 saturated carbocycles. The van der Waals surface area contributed by atoms with Crippen LogP contribution in [0.25, 0.3) is 0 Å². The lowest BCUT2D eigenvalue weighted by molar-refractivity contribution is -0.912. The van der Waals surface area contributed by atoms with E-state index in [0.29, 0.717) is 0 Å². The molecule has 22 heavy (non-hydrogen) atoms. The van der Waals surface area contributed by atoms with E-state index in [1.165, 1.54) is 23.4 Å². The van der Waals surface area contributed by atoms with E-state index >= 15 is 0 Å². The van der Waals surface area contributed by atoms with Gasteiger partial charge in [-0.1, -0.05) is 24.3 Å². The highest BCUT2D eigenvalue weighted by Gasteiger charge is 2.11. The van der Waals surface area contributed by atoms with Crippen molar-refractivity contribution in [1.29, 1.82) is 0 Å². The summed E-state index contributed by atoms with van der Waals surface area (Å²) in [6.45, 7) is 9.67. The molecule has 120 valence electrons. The number of aryl methyl sites for hydroxylation is 1. The molecule has 0 radical (unpaired) electrons. The van der Waals surface area contributed by atoms with Crippen molar-refractivity contribution in [2.45, 2.75) is 33.4 Å². The first kappa shape index (κ1) is 16.8. The Hall–Kier alpha value is -1.58. The van der Waals surface area contributed by atoms with Gasteiger partial charge in [-0.15, -0.1) is 0 Å². The van der Waals surface area contributed by atoms with Gasteiger partial charge in [0.2, 0.25) is 0 Å². The minimum Gasteiger partial charge on any atom is -0.384 e. The third-order valence-corrected chi connectivity index (χ3v) is 4.34. The van der Waals surface area contributed by atoms with Gasteiger partial charge in [-0.2, -0.15) is 0 Å². The second-order valence-corrected chi connectivity index (χ2v) is 5.93. The summed E-state index contributed by atoms with van der Waals surface area (Å²) in [4.78, 5) is 1.61. The number of hydrogen-bond acceptors (Lipinski definition) is 1. The summed E-state index contributed by atoms with van der Waals surface area (Å²) in [6.07, 6.45) is 3.32. The van der Waals surface area contributed by atoms with Gasteiger partial charge in [0, 0.05) is 26.3 Å². The fraction of sp³-hybridized carbons (Fsp3) is 0.474. The number of hydrogen-bond donors (Lipinski definition) is 1. The molecule has 0 saturated heterocycles. The summed E-state index contributed by atoms with van der Waals surface area (Å²) in [7, 11) is 1.78. The number of aromatic nitrogens is 1. The number of quaternary nitrogens is 1. The summed E-state index contributed by atoms with van der Waals surface area (Å²) < 4.78 is 7.55. The molecule has 3 nitrogen and oxygen atoms in total. The zero-order valence-electron chi connectivity index (χ0n) is 14.1. The molecule has 1 unspecified atom stereocenters. The predicted molar refractivity (Wildman–Crippen MR) is 91.3 cm³/mol. The molecular formula is C19H29N2O+. The number of rotatable bonds is 9. The third kappa shape index (κ3) is 4.72. The molecule has 1 N–H and O–H groups in total. The summed E-state index contributed by atoms with van der Waals surface area (Å²) >= 11 is 0. The molecule has 0 bridgehead atoms. The lowest BCUT2D eigenvalue weighted by atomic mass is 10.1. The van der Waals surface area contributed by atoms with Gasteiger partial charge in [0.1, 0.15) is 6.54 Å². The van der Waals surface area contributed by atoms with Crippen LogP contribution in [0.5, 0.6) is 0 Å². The van der Waals surface area contributed by atoms with Crippen molar-refractivity contribution in [3.05, 3.63) is 59.4 Å². The quantitative estimate of drug-likeness (QED) is 0.704. The van der Waals surface area contributed by atoms with Crippen molar-refractivity contribution >= 4 is 0 Å². The first-order chi connectivity index (χ1) is 10.7. The Kier molecular flexibility index (Phi) is 6.69. The van der Waals surface area contributed by atoms with Crippen LogP contribution >= 0.6 is 0 Å². The van der Waals surface area contributed by atoms with Gasteiger partial charge in [-0.3, -0.25) is 0 Å². The molecule has 1 aromatic carbocycles. The van der Waals surface area contributed by atoms with Crippen LogP contribution in [0, 0.1) is 6.92 Å². The van der Waals surface area contributed by atoms with Crippen LogP contribution in [0.15, 0.2) is 42.6 Å². The summed E-state index contributed by atoms with van der Waals surface area (Å²) in [5.74, 6) is 0. The maximum absolute atomic E-state index is 5.17. The van der Waals surface area contributed by atoms with Gasteiger partial charge in [0.25, 0.3) is 0 Å². The van der Waals surface area contributed by atoms with Crippen molar-refractivity contribution < 1.29 is 9.64 Å². The first-order valence-electron chi connectivity index (χ1n) is 8.25. The van der Waals surface area contributed by atoms with Gasteiger partial charge in [-0.05, 0) is 37.1 Å². The minimum atomic E-state index is 0.855. The van der Waals surface area contributed by atoms with Crippen LogP contribution in [-0.4, -0.2) is 31.4 Å². The number of nitrogens with one attached hydrogen (secondary N) is 1. The molecule has 1 heterocycles. The van der Waals surface area contributed by atoms with Crippen LogP contribution < -0.4 is 4.90 Å². The fourth-order valence-electron chi connectivity index (χ4n) is 2.85. The molecule has 0 aliphatic carbocycles. The molecule has 0 fully saturated rings. The number of benzene rings is 1. The van der Waals surface area contributed by atoms with E-state index in [1.807, 2.05) is 0 Å². The highest BCUT2D eigenvalue weighted by molar-refractivity contribution is 5.26. The molecule has 1 atom stereocenters. The SMILES string of the molecule is CC[NH+](CCCOC)Cc1cccn1Cc1ccccc1C. The molecule has 1 aromatic heterocycles.